The zero-order valence-corrected chi connectivity index (χ0v) is 13.7. The lowest BCUT2D eigenvalue weighted by Crippen LogP contribution is -2.13. The van der Waals surface area contributed by atoms with Gasteiger partial charge in [-0.2, -0.15) is 0 Å². The first-order valence-corrected chi connectivity index (χ1v) is 7.79. The Morgan fingerprint density at radius 2 is 1.67 bits per heavy atom. The molecule has 0 spiro atoms. The van der Waals surface area contributed by atoms with Crippen molar-refractivity contribution in [3.8, 4) is 5.75 Å². The monoisotopic (exact) mass is 317 g/mol. The van der Waals surface area contributed by atoms with Crippen molar-refractivity contribution in [1.29, 1.82) is 0 Å². The lowest BCUT2D eigenvalue weighted by molar-refractivity contribution is -0.112. The summed E-state index contributed by atoms with van der Waals surface area (Å²) in [6.45, 7) is 1.81. The molecule has 0 atom stereocenters. The molecule has 0 aromatic heterocycles. The van der Waals surface area contributed by atoms with Gasteiger partial charge in [0, 0.05) is 5.57 Å². The maximum absolute atomic E-state index is 12.5. The van der Waals surface area contributed by atoms with E-state index >= 15 is 0 Å². The molecule has 0 unspecified atom stereocenters. The van der Waals surface area contributed by atoms with Crippen molar-refractivity contribution >= 4 is 28.4 Å². The van der Waals surface area contributed by atoms with E-state index in [-0.39, 0.29) is 5.91 Å². The second kappa shape index (κ2) is 7.01. The zero-order valence-electron chi connectivity index (χ0n) is 13.7. The van der Waals surface area contributed by atoms with Gasteiger partial charge in [0.2, 0.25) is 0 Å². The topological polar surface area (TPSA) is 38.3 Å². The lowest BCUT2D eigenvalue weighted by atomic mass is 10.0. The number of rotatable bonds is 4. The molecule has 0 fully saturated rings. The summed E-state index contributed by atoms with van der Waals surface area (Å²) in [6, 6.07) is 21.6. The molecule has 0 heterocycles. The van der Waals surface area contributed by atoms with Gasteiger partial charge >= 0.3 is 0 Å². The third kappa shape index (κ3) is 3.30. The second-order valence-corrected chi connectivity index (χ2v) is 5.55. The summed E-state index contributed by atoms with van der Waals surface area (Å²) in [4.78, 5) is 12.5. The molecular formula is C21H19NO2. The van der Waals surface area contributed by atoms with Gasteiger partial charge in [0.15, 0.2) is 0 Å². The van der Waals surface area contributed by atoms with E-state index in [0.29, 0.717) is 17.0 Å². The number of para-hydroxylation sites is 2. The van der Waals surface area contributed by atoms with Gasteiger partial charge in [-0.1, -0.05) is 54.6 Å². The Labute approximate surface area is 141 Å². The van der Waals surface area contributed by atoms with Crippen molar-refractivity contribution in [2.24, 2.45) is 0 Å². The number of benzene rings is 3. The summed E-state index contributed by atoms with van der Waals surface area (Å²) in [7, 11) is 1.59. The van der Waals surface area contributed by atoms with Crippen LogP contribution in [-0.4, -0.2) is 13.0 Å². The van der Waals surface area contributed by atoms with E-state index in [1.807, 2.05) is 61.5 Å². The molecule has 1 N–H and O–H groups in total. The van der Waals surface area contributed by atoms with Gasteiger partial charge in [-0.25, -0.2) is 0 Å². The van der Waals surface area contributed by atoms with Crippen molar-refractivity contribution in [2.75, 3.05) is 12.4 Å². The summed E-state index contributed by atoms with van der Waals surface area (Å²) in [5.74, 6) is 0.497. The molecule has 0 bridgehead atoms. The van der Waals surface area contributed by atoms with E-state index in [1.165, 1.54) is 0 Å². The van der Waals surface area contributed by atoms with Crippen LogP contribution in [0.15, 0.2) is 72.3 Å². The molecular weight excluding hydrogens is 298 g/mol. The van der Waals surface area contributed by atoms with Crippen LogP contribution in [-0.2, 0) is 4.79 Å². The minimum atomic E-state index is -0.146. The standard InChI is InChI=1S/C21H19NO2/c1-15(21(23)22-19-12-5-6-13-20(19)24-2)14-17-10-7-9-16-8-3-4-11-18(16)17/h3-14H,1-2H3,(H,22,23)/b15-14+. The Hall–Kier alpha value is -3.07. The summed E-state index contributed by atoms with van der Waals surface area (Å²) in [6.07, 6.45) is 1.91. The van der Waals surface area contributed by atoms with Gasteiger partial charge in [-0.15, -0.1) is 0 Å². The van der Waals surface area contributed by atoms with E-state index in [2.05, 4.69) is 23.5 Å². The molecule has 0 saturated heterocycles. The molecule has 24 heavy (non-hydrogen) atoms. The minimum Gasteiger partial charge on any atom is -0.495 e. The molecule has 3 rings (SSSR count). The first-order chi connectivity index (χ1) is 11.7. The molecule has 0 saturated carbocycles. The largest absolute Gasteiger partial charge is 0.495 e. The van der Waals surface area contributed by atoms with Crippen molar-refractivity contribution in [3.63, 3.8) is 0 Å². The van der Waals surface area contributed by atoms with Crippen LogP contribution < -0.4 is 10.1 Å². The molecule has 3 aromatic carbocycles. The highest BCUT2D eigenvalue weighted by atomic mass is 16.5. The average Bonchev–Trinajstić information content (AvgIpc) is 2.62. The number of anilines is 1. The Morgan fingerprint density at radius 1 is 0.958 bits per heavy atom. The number of ether oxygens (including phenoxy) is 1. The number of fused-ring (bicyclic) bond motifs is 1. The molecule has 3 heteroatoms. The molecule has 0 aliphatic rings. The molecule has 1 amide bonds. The van der Waals surface area contributed by atoms with E-state index in [0.717, 1.165) is 16.3 Å². The fourth-order valence-electron chi connectivity index (χ4n) is 2.64. The van der Waals surface area contributed by atoms with Crippen LogP contribution in [0, 0.1) is 0 Å². The van der Waals surface area contributed by atoms with Crippen molar-refractivity contribution in [1.82, 2.24) is 0 Å². The summed E-state index contributed by atoms with van der Waals surface area (Å²) < 4.78 is 5.27. The van der Waals surface area contributed by atoms with E-state index in [4.69, 9.17) is 4.74 Å². The van der Waals surface area contributed by atoms with Crippen molar-refractivity contribution in [2.45, 2.75) is 6.92 Å². The van der Waals surface area contributed by atoms with Crippen LogP contribution in [0.3, 0.4) is 0 Å². The highest BCUT2D eigenvalue weighted by molar-refractivity contribution is 6.08. The van der Waals surface area contributed by atoms with Gasteiger partial charge in [-0.05, 0) is 41.5 Å². The molecule has 3 aromatic rings. The smallest absolute Gasteiger partial charge is 0.251 e. The van der Waals surface area contributed by atoms with Gasteiger partial charge in [-0.3, -0.25) is 4.79 Å². The minimum absolute atomic E-state index is 0.146. The van der Waals surface area contributed by atoms with Gasteiger partial charge in [0.25, 0.3) is 5.91 Å². The van der Waals surface area contributed by atoms with E-state index in [9.17, 15) is 4.79 Å². The van der Waals surface area contributed by atoms with Crippen molar-refractivity contribution < 1.29 is 9.53 Å². The van der Waals surface area contributed by atoms with Crippen LogP contribution in [0.5, 0.6) is 5.75 Å². The van der Waals surface area contributed by atoms with Crippen molar-refractivity contribution in [3.05, 3.63) is 77.9 Å². The van der Waals surface area contributed by atoms with Gasteiger partial charge in [0.1, 0.15) is 5.75 Å². The van der Waals surface area contributed by atoms with Crippen LogP contribution in [0.25, 0.3) is 16.8 Å². The molecule has 3 nitrogen and oxygen atoms in total. The Balaban J connectivity index is 1.88. The van der Waals surface area contributed by atoms with Crippen LogP contribution in [0.4, 0.5) is 5.69 Å². The number of hydrogen-bond acceptors (Lipinski definition) is 2. The second-order valence-electron chi connectivity index (χ2n) is 5.55. The zero-order chi connectivity index (χ0) is 16.9. The number of amides is 1. The quantitative estimate of drug-likeness (QED) is 0.696. The Kier molecular flexibility index (Phi) is 4.62. The first-order valence-electron chi connectivity index (χ1n) is 7.79. The first kappa shape index (κ1) is 15.8. The van der Waals surface area contributed by atoms with E-state index < -0.39 is 0 Å². The molecule has 0 aliphatic heterocycles. The third-order valence-electron chi connectivity index (χ3n) is 3.91. The lowest BCUT2D eigenvalue weighted by Gasteiger charge is -2.10. The molecule has 120 valence electrons. The number of carbonyl (C=O) groups is 1. The summed E-state index contributed by atoms with van der Waals surface area (Å²) >= 11 is 0. The SMILES string of the molecule is COc1ccccc1NC(=O)/C(C)=C/c1cccc2ccccc12. The fraction of sp³-hybridized carbons (Fsp3) is 0.0952. The highest BCUT2D eigenvalue weighted by Gasteiger charge is 2.09. The predicted molar refractivity (Wildman–Crippen MR) is 99.2 cm³/mol. The Morgan fingerprint density at radius 3 is 2.50 bits per heavy atom. The Bertz CT molecular complexity index is 907. The summed E-state index contributed by atoms with van der Waals surface area (Å²) in [5, 5.41) is 5.18. The number of nitrogens with one attached hydrogen (secondary N) is 1. The maximum atomic E-state index is 12.5. The number of methoxy groups -OCH3 is 1. The predicted octanol–water partition coefficient (Wildman–Crippen LogP) is 4.89. The van der Waals surface area contributed by atoms with E-state index in [1.54, 1.807) is 7.11 Å². The highest BCUT2D eigenvalue weighted by Crippen LogP contribution is 2.25. The van der Waals surface area contributed by atoms with Gasteiger partial charge < -0.3 is 10.1 Å². The van der Waals surface area contributed by atoms with Crippen LogP contribution in [0.1, 0.15) is 12.5 Å². The van der Waals surface area contributed by atoms with Crippen LogP contribution in [0.2, 0.25) is 0 Å². The normalized spacial score (nSPS) is 11.3. The number of carbonyl (C=O) groups excluding carboxylic acids is 1. The maximum Gasteiger partial charge on any atom is 0.251 e. The van der Waals surface area contributed by atoms with Gasteiger partial charge in [0.05, 0.1) is 12.8 Å². The number of hydrogen-bond donors (Lipinski definition) is 1. The summed E-state index contributed by atoms with van der Waals surface area (Å²) in [5.41, 5.74) is 2.33. The average molecular weight is 317 g/mol. The molecule has 0 radical (unpaired) electrons. The fourth-order valence-corrected chi connectivity index (χ4v) is 2.64. The molecule has 0 aliphatic carbocycles. The van der Waals surface area contributed by atoms with Crippen LogP contribution >= 0.6 is 0 Å². The third-order valence-corrected chi connectivity index (χ3v) is 3.91.